The summed E-state index contributed by atoms with van der Waals surface area (Å²) in [7, 11) is 0. The zero-order chi connectivity index (χ0) is 19.6. The Bertz CT molecular complexity index is 911. The second-order valence-corrected chi connectivity index (χ2v) is 6.79. The summed E-state index contributed by atoms with van der Waals surface area (Å²) < 4.78 is 12.1. The van der Waals surface area contributed by atoms with E-state index < -0.39 is 0 Å². The number of carbonyl (C=O) groups excluding carboxylic acids is 1. The minimum atomic E-state index is -0.331. The number of halogens is 1. The summed E-state index contributed by atoms with van der Waals surface area (Å²) in [5, 5.41) is 3.94. The molecule has 0 radical (unpaired) electrons. The number of hydrogen-bond acceptors (Lipinski definition) is 4. The average Bonchev–Trinajstić information content (AvgIpc) is 2.73. The van der Waals surface area contributed by atoms with Gasteiger partial charge in [-0.1, -0.05) is 46.3 Å². The Balaban J connectivity index is 1.41. The van der Waals surface area contributed by atoms with Crippen LogP contribution in [0.1, 0.15) is 11.1 Å². The molecule has 0 aliphatic carbocycles. The predicted octanol–water partition coefficient (Wildman–Crippen LogP) is 4.56. The minimum absolute atomic E-state index is 0.106. The van der Waals surface area contributed by atoms with E-state index in [1.54, 1.807) is 18.3 Å². The van der Waals surface area contributed by atoms with Gasteiger partial charge in [0.05, 0.1) is 6.21 Å². The van der Waals surface area contributed by atoms with E-state index in [9.17, 15) is 4.79 Å². The van der Waals surface area contributed by atoms with Crippen LogP contribution in [0.25, 0.3) is 0 Å². The normalized spacial score (nSPS) is 10.6. The third kappa shape index (κ3) is 6.55. The number of hydrogen-bond donors (Lipinski definition) is 1. The number of benzene rings is 3. The molecule has 0 saturated carbocycles. The molecule has 0 unspecified atom stereocenters. The lowest BCUT2D eigenvalue weighted by Crippen LogP contribution is -2.24. The first-order chi connectivity index (χ1) is 13.7. The molecule has 1 amide bonds. The highest BCUT2D eigenvalue weighted by molar-refractivity contribution is 9.10. The van der Waals surface area contributed by atoms with Gasteiger partial charge in [0.1, 0.15) is 18.1 Å². The van der Waals surface area contributed by atoms with Crippen molar-refractivity contribution >= 4 is 28.1 Å². The van der Waals surface area contributed by atoms with Gasteiger partial charge in [0.25, 0.3) is 5.91 Å². The van der Waals surface area contributed by atoms with E-state index in [1.807, 2.05) is 66.7 Å². The van der Waals surface area contributed by atoms with Gasteiger partial charge in [-0.15, -0.1) is 0 Å². The van der Waals surface area contributed by atoms with Crippen molar-refractivity contribution in [2.75, 3.05) is 6.61 Å². The van der Waals surface area contributed by atoms with E-state index >= 15 is 0 Å². The summed E-state index contributed by atoms with van der Waals surface area (Å²) in [4.78, 5) is 11.8. The smallest absolute Gasteiger partial charge is 0.277 e. The third-order valence-corrected chi connectivity index (χ3v) is 4.24. The predicted molar refractivity (Wildman–Crippen MR) is 113 cm³/mol. The van der Waals surface area contributed by atoms with Gasteiger partial charge in [-0.3, -0.25) is 4.79 Å². The lowest BCUT2D eigenvalue weighted by Gasteiger charge is -2.06. The second kappa shape index (κ2) is 10.3. The topological polar surface area (TPSA) is 59.9 Å². The summed E-state index contributed by atoms with van der Waals surface area (Å²) in [6, 6.07) is 24.7. The maximum absolute atomic E-state index is 11.8. The molecule has 3 rings (SSSR count). The number of amides is 1. The zero-order valence-corrected chi connectivity index (χ0v) is 16.6. The lowest BCUT2D eigenvalue weighted by atomic mass is 10.2. The highest BCUT2D eigenvalue weighted by Crippen LogP contribution is 2.16. The minimum Gasteiger partial charge on any atom is -0.489 e. The largest absolute Gasteiger partial charge is 0.489 e. The summed E-state index contributed by atoms with van der Waals surface area (Å²) in [5.74, 6) is 1.06. The van der Waals surface area contributed by atoms with Crippen LogP contribution in [0, 0.1) is 0 Å². The molecule has 0 aromatic heterocycles. The lowest BCUT2D eigenvalue weighted by molar-refractivity contribution is -0.123. The summed E-state index contributed by atoms with van der Waals surface area (Å²) in [6.07, 6.45) is 1.57. The van der Waals surface area contributed by atoms with Crippen molar-refractivity contribution in [2.45, 2.75) is 6.61 Å². The fraction of sp³-hybridized carbons (Fsp3) is 0.0909. The molecule has 0 heterocycles. The molecule has 142 valence electrons. The van der Waals surface area contributed by atoms with Gasteiger partial charge in [-0.2, -0.15) is 5.10 Å². The fourth-order valence-electron chi connectivity index (χ4n) is 2.28. The molecule has 0 fully saturated rings. The Morgan fingerprint density at radius 3 is 2.25 bits per heavy atom. The van der Waals surface area contributed by atoms with E-state index in [0.29, 0.717) is 12.4 Å². The van der Waals surface area contributed by atoms with Crippen molar-refractivity contribution in [2.24, 2.45) is 5.10 Å². The van der Waals surface area contributed by atoms with Gasteiger partial charge in [0.2, 0.25) is 0 Å². The van der Waals surface area contributed by atoms with Crippen molar-refractivity contribution in [1.29, 1.82) is 0 Å². The molecule has 1 N–H and O–H groups in total. The first-order valence-corrected chi connectivity index (χ1v) is 9.45. The molecule has 28 heavy (non-hydrogen) atoms. The van der Waals surface area contributed by atoms with E-state index in [0.717, 1.165) is 21.3 Å². The molecule has 0 saturated heterocycles. The Morgan fingerprint density at radius 1 is 0.893 bits per heavy atom. The van der Waals surface area contributed by atoms with E-state index in [1.165, 1.54) is 0 Å². The molecule has 0 bridgehead atoms. The number of carbonyl (C=O) groups is 1. The zero-order valence-electron chi connectivity index (χ0n) is 15.0. The van der Waals surface area contributed by atoms with Crippen LogP contribution >= 0.6 is 15.9 Å². The standard InChI is InChI=1S/C22H19BrN2O3/c23-19-8-12-21(13-9-19)28-16-22(26)25-24-14-17-6-10-20(11-7-17)27-15-18-4-2-1-3-5-18/h1-14H,15-16H2,(H,25,26)/b24-14-. The van der Waals surface area contributed by atoms with Gasteiger partial charge < -0.3 is 9.47 Å². The van der Waals surface area contributed by atoms with Crippen molar-refractivity contribution in [1.82, 2.24) is 5.43 Å². The van der Waals surface area contributed by atoms with Crippen molar-refractivity contribution < 1.29 is 14.3 Å². The summed E-state index contributed by atoms with van der Waals surface area (Å²) in [5.41, 5.74) is 4.40. The molecule has 3 aromatic carbocycles. The van der Waals surface area contributed by atoms with Crippen LogP contribution in [0.3, 0.4) is 0 Å². The highest BCUT2D eigenvalue weighted by Gasteiger charge is 2.01. The Kier molecular flexibility index (Phi) is 7.21. The van der Waals surface area contributed by atoms with E-state index in [2.05, 4.69) is 26.5 Å². The molecule has 0 aliphatic rings. The van der Waals surface area contributed by atoms with Crippen LogP contribution in [0.4, 0.5) is 0 Å². The van der Waals surface area contributed by atoms with Crippen molar-refractivity contribution in [3.05, 3.63) is 94.5 Å². The van der Waals surface area contributed by atoms with Gasteiger partial charge in [0.15, 0.2) is 6.61 Å². The molecule has 5 nitrogen and oxygen atoms in total. The third-order valence-electron chi connectivity index (χ3n) is 3.71. The van der Waals surface area contributed by atoms with Gasteiger partial charge in [-0.05, 0) is 59.7 Å². The van der Waals surface area contributed by atoms with Gasteiger partial charge in [0, 0.05) is 4.47 Å². The van der Waals surface area contributed by atoms with Crippen molar-refractivity contribution in [3.8, 4) is 11.5 Å². The van der Waals surface area contributed by atoms with Gasteiger partial charge >= 0.3 is 0 Å². The highest BCUT2D eigenvalue weighted by atomic mass is 79.9. The number of nitrogens with zero attached hydrogens (tertiary/aromatic N) is 1. The van der Waals surface area contributed by atoms with Crippen LogP contribution in [-0.2, 0) is 11.4 Å². The monoisotopic (exact) mass is 438 g/mol. The van der Waals surface area contributed by atoms with E-state index in [4.69, 9.17) is 9.47 Å². The molecule has 6 heteroatoms. The fourth-order valence-corrected chi connectivity index (χ4v) is 2.55. The SMILES string of the molecule is O=C(COc1ccc(Br)cc1)N/N=C\c1ccc(OCc2ccccc2)cc1. The molecule has 3 aromatic rings. The first-order valence-electron chi connectivity index (χ1n) is 8.66. The quantitative estimate of drug-likeness (QED) is 0.414. The summed E-state index contributed by atoms with van der Waals surface area (Å²) in [6.45, 7) is 0.411. The van der Waals surface area contributed by atoms with E-state index in [-0.39, 0.29) is 12.5 Å². The summed E-state index contributed by atoms with van der Waals surface area (Å²) >= 11 is 3.34. The second-order valence-electron chi connectivity index (χ2n) is 5.88. The Hall–Kier alpha value is -3.12. The number of rotatable bonds is 8. The first kappa shape index (κ1) is 19.6. The maximum Gasteiger partial charge on any atom is 0.277 e. The van der Waals surface area contributed by atoms with Crippen LogP contribution < -0.4 is 14.9 Å². The Morgan fingerprint density at radius 2 is 1.54 bits per heavy atom. The molecule has 0 atom stereocenters. The number of hydrazone groups is 1. The average molecular weight is 439 g/mol. The van der Waals surface area contributed by atoms with Crippen LogP contribution in [-0.4, -0.2) is 18.7 Å². The maximum atomic E-state index is 11.8. The van der Waals surface area contributed by atoms with Crippen LogP contribution in [0.15, 0.2) is 88.4 Å². The number of ether oxygens (including phenoxy) is 2. The number of nitrogens with one attached hydrogen (secondary N) is 1. The molecular formula is C22H19BrN2O3. The van der Waals surface area contributed by atoms with Gasteiger partial charge in [-0.25, -0.2) is 5.43 Å². The molecular weight excluding hydrogens is 420 g/mol. The van der Waals surface area contributed by atoms with Crippen LogP contribution in [0.5, 0.6) is 11.5 Å². The van der Waals surface area contributed by atoms with Crippen molar-refractivity contribution in [3.63, 3.8) is 0 Å². The molecule has 0 aliphatic heterocycles. The molecule has 0 spiro atoms. The Labute approximate surface area is 172 Å². The van der Waals surface area contributed by atoms with Crippen LogP contribution in [0.2, 0.25) is 0 Å².